The Morgan fingerprint density at radius 1 is 1.00 bits per heavy atom. The van der Waals surface area contributed by atoms with Gasteiger partial charge in [0.1, 0.15) is 11.5 Å². The number of hydrogen-bond acceptors (Lipinski definition) is 1. The van der Waals surface area contributed by atoms with Crippen LogP contribution in [0.1, 0.15) is 5.56 Å². The molecule has 0 aliphatic rings. The minimum absolute atomic E-state index is 0.372. The van der Waals surface area contributed by atoms with E-state index in [4.69, 9.17) is 39.5 Å². The van der Waals surface area contributed by atoms with Crippen molar-refractivity contribution in [1.29, 1.82) is 0 Å². The lowest BCUT2D eigenvalue weighted by atomic mass is 10.2. The zero-order valence-electron chi connectivity index (χ0n) is 9.09. The van der Waals surface area contributed by atoms with Crippen molar-refractivity contribution < 1.29 is 4.74 Å². The van der Waals surface area contributed by atoms with E-state index in [2.05, 4.69) is 15.9 Å². The highest BCUT2D eigenvalue weighted by Gasteiger charge is 2.06. The molecule has 0 saturated heterocycles. The Balaban J connectivity index is 2.35. The summed E-state index contributed by atoms with van der Waals surface area (Å²) in [5.74, 6) is 1.63. The molecule has 0 amide bonds. The number of hydrogen-bond donors (Lipinski definition) is 0. The molecule has 1 nitrogen and oxygen atoms in total. The molecule has 0 unspecified atom stereocenters. The predicted molar refractivity (Wildman–Crippen MR) is 80.2 cm³/mol. The van der Waals surface area contributed by atoms with Crippen molar-refractivity contribution in [1.82, 2.24) is 0 Å². The SMILES string of the molecule is ClCc1ccc(Br)cc1Oc1cc(Cl)cc(Cl)c1. The largest absolute Gasteiger partial charge is 0.457 e. The minimum Gasteiger partial charge on any atom is -0.457 e. The summed E-state index contributed by atoms with van der Waals surface area (Å²) in [4.78, 5) is 0. The van der Waals surface area contributed by atoms with Crippen molar-refractivity contribution >= 4 is 50.7 Å². The third-order valence-corrected chi connectivity index (χ3v) is 3.45. The highest BCUT2D eigenvalue weighted by molar-refractivity contribution is 9.10. The van der Waals surface area contributed by atoms with E-state index in [0.29, 0.717) is 27.4 Å². The van der Waals surface area contributed by atoms with E-state index in [0.717, 1.165) is 10.0 Å². The number of halogens is 4. The molecule has 0 atom stereocenters. The number of benzene rings is 2. The van der Waals surface area contributed by atoms with Gasteiger partial charge < -0.3 is 4.74 Å². The maximum atomic E-state index is 5.92. The van der Waals surface area contributed by atoms with Crippen LogP contribution < -0.4 is 4.74 Å². The molecule has 0 spiro atoms. The van der Waals surface area contributed by atoms with E-state index < -0.39 is 0 Å². The van der Waals surface area contributed by atoms with Gasteiger partial charge in [0.2, 0.25) is 0 Å². The molecule has 0 saturated carbocycles. The summed E-state index contributed by atoms with van der Waals surface area (Å²) < 4.78 is 6.68. The topological polar surface area (TPSA) is 9.23 Å². The fraction of sp³-hybridized carbons (Fsp3) is 0.0769. The van der Waals surface area contributed by atoms with Crippen molar-refractivity contribution in [2.24, 2.45) is 0 Å². The first-order valence-electron chi connectivity index (χ1n) is 5.07. The fourth-order valence-corrected chi connectivity index (χ4v) is 2.52. The first-order chi connectivity index (χ1) is 8.58. The summed E-state index contributed by atoms with van der Waals surface area (Å²) in [5, 5.41) is 1.06. The molecule has 2 rings (SSSR count). The third-order valence-electron chi connectivity index (χ3n) is 2.24. The van der Waals surface area contributed by atoms with E-state index in [1.54, 1.807) is 18.2 Å². The normalized spacial score (nSPS) is 10.4. The molecule has 2 aromatic rings. The van der Waals surface area contributed by atoms with Crippen LogP contribution in [0.4, 0.5) is 0 Å². The van der Waals surface area contributed by atoms with Gasteiger partial charge in [-0.2, -0.15) is 0 Å². The van der Waals surface area contributed by atoms with Crippen LogP contribution in [-0.4, -0.2) is 0 Å². The monoisotopic (exact) mass is 364 g/mol. The lowest BCUT2D eigenvalue weighted by Gasteiger charge is -2.10. The average Bonchev–Trinajstić information content (AvgIpc) is 2.27. The predicted octanol–water partition coefficient (Wildman–Crippen LogP) is 6.29. The zero-order chi connectivity index (χ0) is 13.1. The third kappa shape index (κ3) is 3.55. The van der Waals surface area contributed by atoms with E-state index >= 15 is 0 Å². The summed E-state index contributed by atoms with van der Waals surface area (Å²) in [5.41, 5.74) is 0.899. The van der Waals surface area contributed by atoms with Crippen molar-refractivity contribution in [3.05, 3.63) is 56.5 Å². The van der Waals surface area contributed by atoms with Crippen LogP contribution in [0.2, 0.25) is 10.0 Å². The number of ether oxygens (including phenoxy) is 1. The standard InChI is InChI=1S/C13H8BrCl3O/c14-9-2-1-8(7-15)13(3-9)18-12-5-10(16)4-11(17)6-12/h1-6H,7H2. The molecule has 2 aromatic carbocycles. The lowest BCUT2D eigenvalue weighted by molar-refractivity contribution is 0.478. The second-order valence-electron chi connectivity index (χ2n) is 3.59. The van der Waals surface area contributed by atoms with Gasteiger partial charge in [-0.25, -0.2) is 0 Å². The maximum absolute atomic E-state index is 5.92. The smallest absolute Gasteiger partial charge is 0.132 e. The van der Waals surface area contributed by atoms with Crippen LogP contribution in [0, 0.1) is 0 Å². The number of alkyl halides is 1. The van der Waals surface area contributed by atoms with Gasteiger partial charge in [-0.1, -0.05) is 45.2 Å². The Morgan fingerprint density at radius 3 is 2.28 bits per heavy atom. The highest BCUT2D eigenvalue weighted by Crippen LogP contribution is 2.32. The van der Waals surface area contributed by atoms with Gasteiger partial charge in [0, 0.05) is 20.1 Å². The molecule has 0 radical (unpaired) electrons. The Bertz CT molecular complexity index is 552. The van der Waals surface area contributed by atoms with Crippen molar-refractivity contribution in [2.75, 3.05) is 0 Å². The van der Waals surface area contributed by atoms with Crippen LogP contribution >= 0.6 is 50.7 Å². The average molecular weight is 366 g/mol. The van der Waals surface area contributed by atoms with Gasteiger partial charge in [-0.3, -0.25) is 0 Å². The molecule has 0 aliphatic heterocycles. The molecule has 0 aliphatic carbocycles. The molecule has 5 heteroatoms. The Hall–Kier alpha value is -0.410. The van der Waals surface area contributed by atoms with E-state index in [1.165, 1.54) is 0 Å². The highest BCUT2D eigenvalue weighted by atomic mass is 79.9. The van der Waals surface area contributed by atoms with Gasteiger partial charge in [0.05, 0.1) is 5.88 Å². The van der Waals surface area contributed by atoms with Crippen LogP contribution in [0.25, 0.3) is 0 Å². The maximum Gasteiger partial charge on any atom is 0.132 e. The van der Waals surface area contributed by atoms with Crippen LogP contribution in [0.5, 0.6) is 11.5 Å². The van der Waals surface area contributed by atoms with E-state index in [9.17, 15) is 0 Å². The quantitative estimate of drug-likeness (QED) is 0.580. The molecule has 0 heterocycles. The molecular formula is C13H8BrCl3O. The van der Waals surface area contributed by atoms with E-state index in [1.807, 2.05) is 18.2 Å². The molecule has 94 valence electrons. The van der Waals surface area contributed by atoms with E-state index in [-0.39, 0.29) is 0 Å². The summed E-state index contributed by atoms with van der Waals surface area (Å²) >= 11 is 21.1. The molecule has 0 N–H and O–H groups in total. The first kappa shape index (κ1) is 14.0. The van der Waals surface area contributed by atoms with Crippen molar-refractivity contribution in [3.8, 4) is 11.5 Å². The number of rotatable bonds is 3. The van der Waals surface area contributed by atoms with Crippen molar-refractivity contribution in [2.45, 2.75) is 5.88 Å². The second-order valence-corrected chi connectivity index (χ2v) is 5.65. The fourth-order valence-electron chi connectivity index (χ4n) is 1.45. The Morgan fingerprint density at radius 2 is 1.67 bits per heavy atom. The van der Waals surface area contributed by atoms with Crippen molar-refractivity contribution in [3.63, 3.8) is 0 Å². The minimum atomic E-state index is 0.372. The summed E-state index contributed by atoms with van der Waals surface area (Å²) in [6.07, 6.45) is 0. The van der Waals surface area contributed by atoms with Crippen LogP contribution in [-0.2, 0) is 5.88 Å². The Labute approximate surface area is 129 Å². The van der Waals surface area contributed by atoms with Crippen LogP contribution in [0.3, 0.4) is 0 Å². The van der Waals surface area contributed by atoms with Gasteiger partial charge in [0.15, 0.2) is 0 Å². The lowest BCUT2D eigenvalue weighted by Crippen LogP contribution is -1.90. The molecule has 18 heavy (non-hydrogen) atoms. The Kier molecular flexibility index (Phi) is 4.79. The molecular weight excluding hydrogens is 358 g/mol. The molecule has 0 fully saturated rings. The molecule has 0 aromatic heterocycles. The van der Waals surface area contributed by atoms with Gasteiger partial charge in [-0.05, 0) is 30.3 Å². The zero-order valence-corrected chi connectivity index (χ0v) is 12.9. The van der Waals surface area contributed by atoms with Gasteiger partial charge in [0.25, 0.3) is 0 Å². The van der Waals surface area contributed by atoms with Gasteiger partial charge >= 0.3 is 0 Å². The van der Waals surface area contributed by atoms with Crippen LogP contribution in [0.15, 0.2) is 40.9 Å². The van der Waals surface area contributed by atoms with Gasteiger partial charge in [-0.15, -0.1) is 11.6 Å². The summed E-state index contributed by atoms with van der Waals surface area (Å²) in [6, 6.07) is 10.7. The first-order valence-corrected chi connectivity index (χ1v) is 7.15. The summed E-state index contributed by atoms with van der Waals surface area (Å²) in [6.45, 7) is 0. The second kappa shape index (κ2) is 6.16. The summed E-state index contributed by atoms with van der Waals surface area (Å²) in [7, 11) is 0. The molecule has 0 bridgehead atoms.